The van der Waals surface area contributed by atoms with Gasteiger partial charge in [0, 0.05) is 10.5 Å². The molecule has 1 saturated heterocycles. The Bertz CT molecular complexity index is 346. The second-order valence-electron chi connectivity index (χ2n) is 4.98. The fourth-order valence-electron chi connectivity index (χ4n) is 2.45. The van der Waals surface area contributed by atoms with Crippen molar-refractivity contribution in [3.63, 3.8) is 0 Å². The molecule has 0 radical (unpaired) electrons. The summed E-state index contributed by atoms with van der Waals surface area (Å²) < 4.78 is 1.16. The highest BCUT2D eigenvalue weighted by Crippen LogP contribution is 2.24. The maximum atomic E-state index is 3.75. The Morgan fingerprint density at radius 1 is 1.28 bits per heavy atom. The summed E-state index contributed by atoms with van der Waals surface area (Å²) in [7, 11) is 0. The fraction of sp³-hybridized carbons (Fsp3) is 0.600. The molecule has 100 valence electrons. The largest absolute Gasteiger partial charge is 0.310 e. The molecule has 3 heteroatoms. The molecule has 1 heterocycles. The average Bonchev–Trinajstić information content (AvgIpc) is 2.42. The number of hydrogen-bond donors (Lipinski definition) is 1. The van der Waals surface area contributed by atoms with Gasteiger partial charge in [-0.25, -0.2) is 0 Å². The van der Waals surface area contributed by atoms with Gasteiger partial charge in [-0.05, 0) is 60.9 Å². The van der Waals surface area contributed by atoms with E-state index in [1.54, 1.807) is 0 Å². The molecule has 0 spiro atoms. The number of benzene rings is 1. The number of rotatable bonds is 5. The zero-order valence-electron chi connectivity index (χ0n) is 11.0. The molecule has 1 unspecified atom stereocenters. The predicted molar refractivity (Wildman–Crippen MR) is 85.2 cm³/mol. The van der Waals surface area contributed by atoms with Crippen molar-refractivity contribution >= 4 is 27.7 Å². The zero-order chi connectivity index (χ0) is 12.8. The monoisotopic (exact) mass is 327 g/mol. The minimum atomic E-state index is 0.507. The summed E-state index contributed by atoms with van der Waals surface area (Å²) in [6, 6.07) is 9.23. The maximum Gasteiger partial charge on any atom is 0.0317 e. The molecule has 0 amide bonds. The molecule has 0 saturated carbocycles. The number of thioether (sulfide) groups is 1. The van der Waals surface area contributed by atoms with Crippen LogP contribution in [0, 0.1) is 5.92 Å². The highest BCUT2D eigenvalue weighted by Gasteiger charge is 2.15. The first-order valence-electron chi connectivity index (χ1n) is 6.86. The van der Waals surface area contributed by atoms with Crippen molar-refractivity contribution in [2.75, 3.05) is 18.1 Å². The van der Waals surface area contributed by atoms with Crippen molar-refractivity contribution in [1.29, 1.82) is 0 Å². The van der Waals surface area contributed by atoms with Crippen LogP contribution in [0.1, 0.15) is 37.8 Å². The lowest BCUT2D eigenvalue weighted by Crippen LogP contribution is -2.29. The highest BCUT2D eigenvalue weighted by atomic mass is 79.9. The maximum absolute atomic E-state index is 3.75. The van der Waals surface area contributed by atoms with Crippen LogP contribution in [0.3, 0.4) is 0 Å². The van der Waals surface area contributed by atoms with Crippen LogP contribution in [-0.4, -0.2) is 18.1 Å². The lowest BCUT2D eigenvalue weighted by molar-refractivity contribution is 0.405. The van der Waals surface area contributed by atoms with Gasteiger partial charge < -0.3 is 5.32 Å². The average molecular weight is 328 g/mol. The molecule has 0 aromatic heterocycles. The summed E-state index contributed by atoms with van der Waals surface area (Å²) in [6.45, 7) is 3.44. The van der Waals surface area contributed by atoms with E-state index in [9.17, 15) is 0 Å². The van der Waals surface area contributed by atoms with Crippen molar-refractivity contribution in [3.8, 4) is 0 Å². The minimum absolute atomic E-state index is 0.507. The summed E-state index contributed by atoms with van der Waals surface area (Å²) in [5, 5.41) is 3.75. The van der Waals surface area contributed by atoms with Gasteiger partial charge in [0.15, 0.2) is 0 Å². The SMILES string of the molecule is CCC(NCC1CCSCC1)c1ccc(Br)cc1. The highest BCUT2D eigenvalue weighted by molar-refractivity contribution is 9.10. The molecule has 1 aliphatic rings. The normalized spacial score (nSPS) is 18.8. The summed E-state index contributed by atoms with van der Waals surface area (Å²) in [5.74, 6) is 3.58. The van der Waals surface area contributed by atoms with Crippen LogP contribution in [0.2, 0.25) is 0 Å². The van der Waals surface area contributed by atoms with Crippen LogP contribution in [0.5, 0.6) is 0 Å². The zero-order valence-corrected chi connectivity index (χ0v) is 13.4. The molecule has 1 atom stereocenters. The molecular weight excluding hydrogens is 306 g/mol. The van der Waals surface area contributed by atoms with Gasteiger partial charge in [-0.3, -0.25) is 0 Å². The summed E-state index contributed by atoms with van der Waals surface area (Å²) in [6.07, 6.45) is 3.92. The van der Waals surface area contributed by atoms with Gasteiger partial charge in [-0.15, -0.1) is 0 Å². The third-order valence-corrected chi connectivity index (χ3v) is 5.25. The Morgan fingerprint density at radius 2 is 1.94 bits per heavy atom. The van der Waals surface area contributed by atoms with Crippen molar-refractivity contribution in [2.45, 2.75) is 32.2 Å². The molecule has 1 nitrogen and oxygen atoms in total. The molecule has 2 rings (SSSR count). The third kappa shape index (κ3) is 4.29. The van der Waals surface area contributed by atoms with E-state index in [1.807, 2.05) is 0 Å². The molecule has 1 N–H and O–H groups in total. The van der Waals surface area contributed by atoms with E-state index in [1.165, 1.54) is 36.5 Å². The number of halogens is 1. The van der Waals surface area contributed by atoms with E-state index in [2.05, 4.69) is 64.2 Å². The van der Waals surface area contributed by atoms with Crippen LogP contribution in [0.4, 0.5) is 0 Å². The van der Waals surface area contributed by atoms with Gasteiger partial charge >= 0.3 is 0 Å². The third-order valence-electron chi connectivity index (χ3n) is 3.67. The molecule has 1 aliphatic heterocycles. The van der Waals surface area contributed by atoms with E-state index >= 15 is 0 Å². The first kappa shape index (κ1) is 14.4. The van der Waals surface area contributed by atoms with Gasteiger partial charge in [0.1, 0.15) is 0 Å². The van der Waals surface area contributed by atoms with E-state index in [-0.39, 0.29) is 0 Å². The predicted octanol–water partition coefficient (Wildman–Crippen LogP) is 4.63. The second-order valence-corrected chi connectivity index (χ2v) is 7.12. The van der Waals surface area contributed by atoms with Gasteiger partial charge in [-0.2, -0.15) is 11.8 Å². The first-order chi connectivity index (χ1) is 8.79. The van der Waals surface area contributed by atoms with E-state index in [0.29, 0.717) is 6.04 Å². The Labute approximate surface area is 123 Å². The standard InChI is InChI=1S/C15H22BrNS/c1-2-15(13-3-5-14(16)6-4-13)17-11-12-7-9-18-10-8-12/h3-6,12,15,17H,2,7-11H2,1H3. The molecule has 1 aromatic rings. The van der Waals surface area contributed by atoms with E-state index in [0.717, 1.165) is 16.8 Å². The summed E-state index contributed by atoms with van der Waals surface area (Å²) in [5.41, 5.74) is 1.41. The molecule has 0 aliphatic carbocycles. The van der Waals surface area contributed by atoms with Crippen LogP contribution < -0.4 is 5.32 Å². The first-order valence-corrected chi connectivity index (χ1v) is 8.81. The molecular formula is C15H22BrNS. The van der Waals surface area contributed by atoms with Crippen LogP contribution in [0.15, 0.2) is 28.7 Å². The van der Waals surface area contributed by atoms with Crippen LogP contribution in [-0.2, 0) is 0 Å². The summed E-state index contributed by atoms with van der Waals surface area (Å²) in [4.78, 5) is 0. The molecule has 1 aromatic carbocycles. The quantitative estimate of drug-likeness (QED) is 0.845. The van der Waals surface area contributed by atoms with E-state index in [4.69, 9.17) is 0 Å². The summed E-state index contributed by atoms with van der Waals surface area (Å²) >= 11 is 5.60. The van der Waals surface area contributed by atoms with Gasteiger partial charge in [0.25, 0.3) is 0 Å². The molecule has 18 heavy (non-hydrogen) atoms. The number of nitrogens with one attached hydrogen (secondary N) is 1. The van der Waals surface area contributed by atoms with Crippen molar-refractivity contribution in [3.05, 3.63) is 34.3 Å². The Balaban J connectivity index is 1.86. The van der Waals surface area contributed by atoms with Gasteiger partial charge in [-0.1, -0.05) is 35.0 Å². The fourth-order valence-corrected chi connectivity index (χ4v) is 3.92. The molecule has 0 bridgehead atoms. The van der Waals surface area contributed by atoms with Crippen LogP contribution >= 0.6 is 27.7 Å². The smallest absolute Gasteiger partial charge is 0.0317 e. The lowest BCUT2D eigenvalue weighted by Gasteiger charge is -2.25. The van der Waals surface area contributed by atoms with Crippen molar-refractivity contribution < 1.29 is 0 Å². The van der Waals surface area contributed by atoms with Crippen molar-refractivity contribution in [2.24, 2.45) is 5.92 Å². The van der Waals surface area contributed by atoms with Gasteiger partial charge in [0.05, 0.1) is 0 Å². The number of hydrogen-bond acceptors (Lipinski definition) is 2. The van der Waals surface area contributed by atoms with E-state index < -0.39 is 0 Å². The van der Waals surface area contributed by atoms with Crippen molar-refractivity contribution in [1.82, 2.24) is 5.32 Å². The van der Waals surface area contributed by atoms with Gasteiger partial charge in [0.2, 0.25) is 0 Å². The Kier molecular flexibility index (Phi) is 6.06. The topological polar surface area (TPSA) is 12.0 Å². The lowest BCUT2D eigenvalue weighted by atomic mass is 10.00. The minimum Gasteiger partial charge on any atom is -0.310 e. The second kappa shape index (κ2) is 7.56. The van der Waals surface area contributed by atoms with Crippen LogP contribution in [0.25, 0.3) is 0 Å². The Morgan fingerprint density at radius 3 is 2.56 bits per heavy atom. The Hall–Kier alpha value is 0.01000. The molecule has 1 fully saturated rings.